The van der Waals surface area contributed by atoms with Gasteiger partial charge >= 0.3 is 0 Å². The predicted octanol–water partition coefficient (Wildman–Crippen LogP) is 2.42. The van der Waals surface area contributed by atoms with Crippen LogP contribution in [0.3, 0.4) is 0 Å². The van der Waals surface area contributed by atoms with E-state index in [4.69, 9.17) is 11.6 Å². The summed E-state index contributed by atoms with van der Waals surface area (Å²) in [6, 6.07) is 1.88. The van der Waals surface area contributed by atoms with Gasteiger partial charge in [0.05, 0.1) is 17.8 Å². The van der Waals surface area contributed by atoms with E-state index in [1.165, 1.54) is 6.20 Å². The minimum Gasteiger partial charge on any atom is -0.213 e. The van der Waals surface area contributed by atoms with Crippen molar-refractivity contribution in [2.75, 3.05) is 0 Å². The van der Waals surface area contributed by atoms with E-state index < -0.39 is 17.5 Å². The fraction of sp³-hybridized carbons (Fsp3) is 0.111. The number of nitrogens with zero attached hydrogens (tertiary/aromatic N) is 3. The molecule has 0 N–H and O–H groups in total. The van der Waals surface area contributed by atoms with Gasteiger partial charge in [-0.25, -0.2) is 17.9 Å². The summed E-state index contributed by atoms with van der Waals surface area (Å²) in [6.07, 6.45) is 1.31. The molecule has 0 saturated carbocycles. The highest BCUT2D eigenvalue weighted by atomic mass is 35.5. The molecule has 16 heavy (non-hydrogen) atoms. The highest BCUT2D eigenvalue weighted by molar-refractivity contribution is 6.16. The normalized spacial score (nSPS) is 10.8. The van der Waals surface area contributed by atoms with Gasteiger partial charge in [-0.3, -0.25) is 0 Å². The molecule has 0 fully saturated rings. The molecule has 0 aliphatic rings. The maximum absolute atomic E-state index is 13.4. The van der Waals surface area contributed by atoms with E-state index >= 15 is 0 Å². The lowest BCUT2D eigenvalue weighted by molar-refractivity contribution is 0.442. The highest BCUT2D eigenvalue weighted by Crippen LogP contribution is 2.19. The molecule has 7 heteroatoms. The summed E-state index contributed by atoms with van der Waals surface area (Å²) in [5, 5.41) is 7.05. The molecule has 3 nitrogen and oxygen atoms in total. The maximum atomic E-state index is 13.4. The lowest BCUT2D eigenvalue weighted by Crippen LogP contribution is -2.06. The first-order chi connectivity index (χ1) is 7.65. The summed E-state index contributed by atoms with van der Waals surface area (Å²) in [6.45, 7) is 0. The first-order valence-electron chi connectivity index (χ1n) is 4.24. The zero-order valence-electron chi connectivity index (χ0n) is 7.79. The molecule has 0 saturated heterocycles. The quantitative estimate of drug-likeness (QED) is 0.603. The average molecular weight is 248 g/mol. The predicted molar refractivity (Wildman–Crippen MR) is 50.8 cm³/mol. The molecule has 1 aromatic heterocycles. The van der Waals surface area contributed by atoms with E-state index in [-0.39, 0.29) is 11.6 Å². The van der Waals surface area contributed by atoms with Crippen LogP contribution in [-0.4, -0.2) is 15.0 Å². The summed E-state index contributed by atoms with van der Waals surface area (Å²) < 4.78 is 40.1. The lowest BCUT2D eigenvalue weighted by atomic mass is 10.2. The van der Waals surface area contributed by atoms with Gasteiger partial charge in [-0.05, 0) is 12.1 Å². The number of aromatic nitrogens is 3. The molecule has 0 radical (unpaired) electrons. The highest BCUT2D eigenvalue weighted by Gasteiger charge is 2.17. The van der Waals surface area contributed by atoms with Crippen molar-refractivity contribution >= 4 is 11.6 Å². The third kappa shape index (κ3) is 1.65. The van der Waals surface area contributed by atoms with Crippen molar-refractivity contribution in [3.05, 3.63) is 41.5 Å². The zero-order chi connectivity index (χ0) is 11.7. The van der Waals surface area contributed by atoms with Gasteiger partial charge in [0.25, 0.3) is 0 Å². The molecule has 2 rings (SSSR count). The monoisotopic (exact) mass is 247 g/mol. The van der Waals surface area contributed by atoms with Gasteiger partial charge in [-0.15, -0.1) is 16.7 Å². The molecule has 1 heterocycles. The number of rotatable bonds is 2. The fourth-order valence-electron chi connectivity index (χ4n) is 1.23. The molecule has 0 atom stereocenters. The summed E-state index contributed by atoms with van der Waals surface area (Å²) >= 11 is 5.56. The van der Waals surface area contributed by atoms with Crippen molar-refractivity contribution in [2.24, 2.45) is 0 Å². The van der Waals surface area contributed by atoms with Crippen LogP contribution in [0.2, 0.25) is 0 Å². The Morgan fingerprint density at radius 3 is 2.62 bits per heavy atom. The summed E-state index contributed by atoms with van der Waals surface area (Å²) in [5.41, 5.74) is 0.152. The molecule has 0 amide bonds. The third-order valence-electron chi connectivity index (χ3n) is 2.00. The van der Waals surface area contributed by atoms with Gasteiger partial charge in [-0.2, -0.15) is 0 Å². The van der Waals surface area contributed by atoms with Crippen LogP contribution in [0.15, 0.2) is 18.3 Å². The SMILES string of the molecule is Fc1ccc(-n2nncc2CCl)c(F)c1F. The van der Waals surface area contributed by atoms with Crippen LogP contribution in [0.5, 0.6) is 0 Å². The smallest absolute Gasteiger partial charge is 0.196 e. The summed E-state index contributed by atoms with van der Waals surface area (Å²) in [4.78, 5) is 0. The number of hydrogen-bond acceptors (Lipinski definition) is 2. The van der Waals surface area contributed by atoms with Crippen LogP contribution in [0.4, 0.5) is 13.2 Å². The molecule has 1 aromatic carbocycles. The zero-order valence-corrected chi connectivity index (χ0v) is 8.55. The second-order valence-electron chi connectivity index (χ2n) is 2.97. The Kier molecular flexibility index (Phi) is 2.82. The van der Waals surface area contributed by atoms with E-state index in [1.807, 2.05) is 0 Å². The molecule has 0 spiro atoms. The first-order valence-corrected chi connectivity index (χ1v) is 4.78. The molecular formula is C9H5ClF3N3. The number of halogens is 4. The van der Waals surface area contributed by atoms with Crippen LogP contribution in [0.25, 0.3) is 5.69 Å². The lowest BCUT2D eigenvalue weighted by Gasteiger charge is -2.06. The minimum absolute atomic E-state index is 0.0332. The van der Waals surface area contributed by atoms with E-state index in [2.05, 4.69) is 10.3 Å². The fourth-order valence-corrected chi connectivity index (χ4v) is 1.41. The van der Waals surface area contributed by atoms with Crippen molar-refractivity contribution in [2.45, 2.75) is 5.88 Å². The minimum atomic E-state index is -1.55. The Bertz CT molecular complexity index is 527. The van der Waals surface area contributed by atoms with Gasteiger partial charge in [0.15, 0.2) is 17.5 Å². The standard InChI is InChI=1S/C9H5ClF3N3/c10-3-5-4-14-15-16(5)7-2-1-6(11)8(12)9(7)13/h1-2,4H,3H2. The number of benzene rings is 1. The largest absolute Gasteiger partial charge is 0.213 e. The van der Waals surface area contributed by atoms with Crippen LogP contribution < -0.4 is 0 Å². The van der Waals surface area contributed by atoms with Crippen LogP contribution in [0.1, 0.15) is 5.69 Å². The molecule has 2 aromatic rings. The van der Waals surface area contributed by atoms with Crippen molar-refractivity contribution < 1.29 is 13.2 Å². The van der Waals surface area contributed by atoms with Crippen LogP contribution in [-0.2, 0) is 5.88 Å². The Hall–Kier alpha value is -1.56. The summed E-state index contributed by atoms with van der Waals surface area (Å²) in [7, 11) is 0. The second kappa shape index (κ2) is 4.13. The van der Waals surface area contributed by atoms with Gasteiger partial charge in [0.2, 0.25) is 0 Å². The average Bonchev–Trinajstić information content (AvgIpc) is 2.74. The molecule has 0 bridgehead atoms. The van der Waals surface area contributed by atoms with Crippen molar-refractivity contribution in [1.82, 2.24) is 15.0 Å². The molecule has 0 aliphatic carbocycles. The topological polar surface area (TPSA) is 30.7 Å². The van der Waals surface area contributed by atoms with E-state index in [1.54, 1.807) is 0 Å². The van der Waals surface area contributed by atoms with Gasteiger partial charge in [0.1, 0.15) is 5.69 Å². The van der Waals surface area contributed by atoms with Crippen molar-refractivity contribution in [3.63, 3.8) is 0 Å². The molecular weight excluding hydrogens is 243 g/mol. The number of alkyl halides is 1. The van der Waals surface area contributed by atoms with Gasteiger partial charge < -0.3 is 0 Å². The Morgan fingerprint density at radius 1 is 1.19 bits per heavy atom. The first kappa shape index (κ1) is 10.9. The molecule has 0 unspecified atom stereocenters. The van der Waals surface area contributed by atoms with E-state index in [0.29, 0.717) is 5.69 Å². The summed E-state index contributed by atoms with van der Waals surface area (Å²) in [5.74, 6) is -4.09. The Balaban J connectivity index is 2.61. The molecule has 0 aliphatic heterocycles. The Labute approximate surface area is 93.4 Å². The third-order valence-corrected chi connectivity index (χ3v) is 2.27. The van der Waals surface area contributed by atoms with Crippen molar-refractivity contribution in [3.8, 4) is 5.69 Å². The van der Waals surface area contributed by atoms with E-state index in [9.17, 15) is 13.2 Å². The second-order valence-corrected chi connectivity index (χ2v) is 3.23. The van der Waals surface area contributed by atoms with E-state index in [0.717, 1.165) is 16.8 Å². The maximum Gasteiger partial charge on any atom is 0.196 e. The van der Waals surface area contributed by atoms with Gasteiger partial charge in [-0.1, -0.05) is 5.21 Å². The molecule has 84 valence electrons. The number of hydrogen-bond donors (Lipinski definition) is 0. The van der Waals surface area contributed by atoms with Crippen molar-refractivity contribution in [1.29, 1.82) is 0 Å². The van der Waals surface area contributed by atoms with Crippen LogP contribution >= 0.6 is 11.6 Å². The van der Waals surface area contributed by atoms with Gasteiger partial charge in [0, 0.05) is 0 Å². The van der Waals surface area contributed by atoms with Crippen LogP contribution in [0, 0.1) is 17.5 Å². The Morgan fingerprint density at radius 2 is 1.94 bits per heavy atom.